The fourth-order valence-corrected chi connectivity index (χ4v) is 4.68. The van der Waals surface area contributed by atoms with Gasteiger partial charge in [0.05, 0.1) is 13.1 Å². The number of unbranched alkanes of at least 4 members (excludes halogenated alkanes) is 8. The molecule has 0 radical (unpaired) electrons. The summed E-state index contributed by atoms with van der Waals surface area (Å²) in [5, 5.41) is 0. The van der Waals surface area contributed by atoms with Crippen molar-refractivity contribution in [3.05, 3.63) is 35.4 Å². The highest BCUT2D eigenvalue weighted by atomic mass is 127. The van der Waals surface area contributed by atoms with Crippen LogP contribution in [0.5, 0.6) is 0 Å². The zero-order valence-electron chi connectivity index (χ0n) is 18.0. The Morgan fingerprint density at radius 2 is 1.41 bits per heavy atom. The lowest BCUT2D eigenvalue weighted by atomic mass is 10.0. The minimum atomic E-state index is 0.250. The lowest BCUT2D eigenvalue weighted by molar-refractivity contribution is -0.940. The van der Waals surface area contributed by atoms with Gasteiger partial charge in [-0.1, -0.05) is 76.6 Å². The van der Waals surface area contributed by atoms with E-state index < -0.39 is 0 Å². The average molecular weight is 483 g/mol. The first-order chi connectivity index (χ1) is 13.1. The molecule has 0 saturated heterocycles. The van der Waals surface area contributed by atoms with Crippen molar-refractivity contribution in [1.29, 1.82) is 0 Å². The van der Waals surface area contributed by atoms with Crippen molar-refractivity contribution in [1.82, 2.24) is 0 Å². The third kappa shape index (κ3) is 9.01. The van der Waals surface area contributed by atoms with Crippen LogP contribution >= 0.6 is 22.6 Å². The minimum absolute atomic E-state index is 0.250. The molecule has 0 aliphatic carbocycles. The molecule has 1 rings (SSSR count). The summed E-state index contributed by atoms with van der Waals surface area (Å²) in [6, 6.07) is 8.87. The number of terminal acetylenes is 1. The summed E-state index contributed by atoms with van der Waals surface area (Å²) in [5.41, 5.74) is 2.87. The van der Waals surface area contributed by atoms with Crippen LogP contribution in [0.1, 0.15) is 89.2 Å². The summed E-state index contributed by atoms with van der Waals surface area (Å²) >= 11 is 2.53. The van der Waals surface area contributed by atoms with Gasteiger partial charge < -0.3 is 0 Å². The van der Waals surface area contributed by atoms with Crippen molar-refractivity contribution in [2.24, 2.45) is 0 Å². The number of nitrogens with zero attached hydrogens (tertiary/aromatic N) is 1. The lowest BCUT2D eigenvalue weighted by Crippen LogP contribution is -2.53. The summed E-state index contributed by atoms with van der Waals surface area (Å²) in [6.07, 6.45) is 19.3. The fraction of sp³-hybridized carbons (Fsp3) is 0.680. The molecule has 0 aromatic heterocycles. The van der Waals surface area contributed by atoms with E-state index in [4.69, 9.17) is 6.42 Å². The van der Waals surface area contributed by atoms with Gasteiger partial charge in [-0.05, 0) is 44.1 Å². The van der Waals surface area contributed by atoms with E-state index in [-0.39, 0.29) is 4.05 Å². The van der Waals surface area contributed by atoms with E-state index in [9.17, 15) is 0 Å². The molecule has 1 aromatic carbocycles. The van der Waals surface area contributed by atoms with Crippen molar-refractivity contribution in [3.8, 4) is 12.3 Å². The molecule has 0 fully saturated rings. The topological polar surface area (TPSA) is 0 Å². The average Bonchev–Trinajstić information content (AvgIpc) is 2.68. The van der Waals surface area contributed by atoms with Crippen LogP contribution in [-0.4, -0.2) is 21.6 Å². The summed E-state index contributed by atoms with van der Waals surface area (Å²) in [7, 11) is 0. The normalized spacial score (nSPS) is 12.7. The Bertz CT molecular complexity index is 532. The Kier molecular flexibility index (Phi) is 13.1. The van der Waals surface area contributed by atoms with E-state index >= 15 is 0 Å². The number of hydrogen-bond acceptors (Lipinski definition) is 0. The molecule has 1 aromatic rings. The van der Waals surface area contributed by atoms with Crippen molar-refractivity contribution >= 4 is 22.6 Å². The molecule has 27 heavy (non-hydrogen) atoms. The van der Waals surface area contributed by atoms with Gasteiger partial charge in [0.2, 0.25) is 4.05 Å². The molecule has 0 N–H and O–H groups in total. The van der Waals surface area contributed by atoms with Crippen LogP contribution < -0.4 is 0 Å². The molecule has 1 nitrogen and oxygen atoms in total. The lowest BCUT2D eigenvalue weighted by Gasteiger charge is -2.41. The van der Waals surface area contributed by atoms with Gasteiger partial charge in [-0.3, -0.25) is 4.48 Å². The van der Waals surface area contributed by atoms with Gasteiger partial charge in [0.25, 0.3) is 0 Å². The Morgan fingerprint density at radius 1 is 0.889 bits per heavy atom. The van der Waals surface area contributed by atoms with Crippen LogP contribution in [-0.2, 0) is 6.54 Å². The second kappa shape index (κ2) is 14.5. The predicted octanol–water partition coefficient (Wildman–Crippen LogP) is 7.65. The number of aryl methyl sites for hydroxylation is 1. The zero-order chi connectivity index (χ0) is 20.0. The monoisotopic (exact) mass is 482 g/mol. The number of rotatable bonds is 15. The molecule has 2 heteroatoms. The highest BCUT2D eigenvalue weighted by Crippen LogP contribution is 2.28. The standard InChI is InChI=1S/C25H41IN/c1-5-8-10-12-16-20-27(25(26)7-3,21-17-13-11-9-6-2)22-24-19-15-14-18-23(24)4/h3,14-15,18-19,25H,5-6,8-13,16-17,20-22H2,1-2,4H3/q+1. The molecule has 0 aliphatic heterocycles. The van der Waals surface area contributed by atoms with Gasteiger partial charge in [-0.2, -0.15) is 0 Å². The second-order valence-electron chi connectivity index (χ2n) is 8.08. The first-order valence-corrected chi connectivity index (χ1v) is 12.3. The van der Waals surface area contributed by atoms with Crippen molar-refractivity contribution in [3.63, 3.8) is 0 Å². The highest BCUT2D eigenvalue weighted by molar-refractivity contribution is 14.1. The largest absolute Gasteiger partial charge is 0.299 e. The van der Waals surface area contributed by atoms with Crippen LogP contribution in [0.25, 0.3) is 0 Å². The molecule has 1 atom stereocenters. The molecule has 0 heterocycles. The van der Waals surface area contributed by atoms with Gasteiger partial charge in [0, 0.05) is 28.2 Å². The van der Waals surface area contributed by atoms with Gasteiger partial charge in [0.15, 0.2) is 0 Å². The number of hydrogen-bond donors (Lipinski definition) is 0. The van der Waals surface area contributed by atoms with E-state index in [2.05, 4.69) is 73.5 Å². The fourth-order valence-electron chi connectivity index (χ4n) is 3.92. The maximum Gasteiger partial charge on any atom is 0.200 e. The van der Waals surface area contributed by atoms with Crippen molar-refractivity contribution in [2.75, 3.05) is 13.1 Å². The number of halogens is 1. The number of alkyl halides is 1. The molecular weight excluding hydrogens is 441 g/mol. The number of benzene rings is 1. The molecule has 1 unspecified atom stereocenters. The van der Waals surface area contributed by atoms with E-state index in [1.807, 2.05) is 0 Å². The van der Waals surface area contributed by atoms with Gasteiger partial charge >= 0.3 is 0 Å². The molecule has 0 aliphatic rings. The summed E-state index contributed by atoms with van der Waals surface area (Å²) in [6.45, 7) is 10.3. The minimum Gasteiger partial charge on any atom is -0.299 e. The maximum absolute atomic E-state index is 5.98. The SMILES string of the molecule is C#CC(I)[N+](CCCCCCC)(CCCCCCC)Cc1ccccc1C. The van der Waals surface area contributed by atoms with Crippen molar-refractivity contribution < 1.29 is 4.48 Å². The van der Waals surface area contributed by atoms with E-state index in [0.717, 1.165) is 11.0 Å². The maximum atomic E-state index is 5.98. The van der Waals surface area contributed by atoms with Crippen LogP contribution in [0.4, 0.5) is 0 Å². The van der Waals surface area contributed by atoms with E-state index in [1.165, 1.54) is 88.4 Å². The summed E-state index contributed by atoms with van der Waals surface area (Å²) in [5.74, 6) is 3.11. The Labute approximate surface area is 183 Å². The zero-order valence-corrected chi connectivity index (χ0v) is 20.1. The Hall–Kier alpha value is -0.530. The van der Waals surface area contributed by atoms with Crippen LogP contribution in [0.3, 0.4) is 0 Å². The highest BCUT2D eigenvalue weighted by Gasteiger charge is 2.34. The first kappa shape index (κ1) is 24.5. The molecule has 0 bridgehead atoms. The first-order valence-electron chi connectivity index (χ1n) is 11.1. The molecule has 0 spiro atoms. The smallest absolute Gasteiger partial charge is 0.200 e. The molecule has 0 saturated carbocycles. The van der Waals surface area contributed by atoms with Gasteiger partial charge in [0.1, 0.15) is 6.54 Å². The quantitative estimate of drug-likeness (QED) is 0.0602. The van der Waals surface area contributed by atoms with Crippen LogP contribution in [0.2, 0.25) is 0 Å². The summed E-state index contributed by atoms with van der Waals surface area (Å²) < 4.78 is 1.31. The number of quaternary nitrogens is 1. The second-order valence-corrected chi connectivity index (χ2v) is 9.26. The predicted molar refractivity (Wildman–Crippen MR) is 129 cm³/mol. The van der Waals surface area contributed by atoms with Crippen LogP contribution in [0.15, 0.2) is 24.3 Å². The Morgan fingerprint density at radius 3 is 1.89 bits per heavy atom. The van der Waals surface area contributed by atoms with E-state index in [1.54, 1.807) is 0 Å². The Balaban J connectivity index is 2.89. The third-order valence-electron chi connectivity index (χ3n) is 5.78. The summed E-state index contributed by atoms with van der Waals surface area (Å²) in [4.78, 5) is 0. The van der Waals surface area contributed by atoms with Crippen LogP contribution in [0, 0.1) is 19.3 Å². The van der Waals surface area contributed by atoms with Crippen molar-refractivity contribution in [2.45, 2.75) is 95.6 Å². The van der Waals surface area contributed by atoms with E-state index in [0.29, 0.717) is 0 Å². The molecular formula is C25H41IN+. The molecule has 0 amide bonds. The third-order valence-corrected chi connectivity index (χ3v) is 7.32. The van der Waals surface area contributed by atoms with Gasteiger partial charge in [-0.25, -0.2) is 0 Å². The molecule has 152 valence electrons. The van der Waals surface area contributed by atoms with Gasteiger partial charge in [-0.15, -0.1) is 6.42 Å².